The molecular formula is C15H22O. The van der Waals surface area contributed by atoms with Crippen molar-refractivity contribution in [3.63, 3.8) is 0 Å². The number of carbonyl (C=O) groups excluding carboxylic acids is 1. The van der Waals surface area contributed by atoms with E-state index < -0.39 is 0 Å². The average Bonchev–Trinajstić information content (AvgIpc) is 2.58. The fourth-order valence-electron chi connectivity index (χ4n) is 2.02. The molecule has 1 heteroatoms. The standard InChI is InChI=1S/C15H22O/c1-2-3-4-7-12-15(13-16)14-10-8-5-6-9-11-14/h5-6,8-11,13-15H,2-4,7,12H2,1H3/t15-/m1/s1. The Bertz CT molecular complexity index is 257. The lowest BCUT2D eigenvalue weighted by atomic mass is 9.88. The largest absolute Gasteiger partial charge is 0.303 e. The van der Waals surface area contributed by atoms with E-state index in [1.165, 1.54) is 25.7 Å². The van der Waals surface area contributed by atoms with Gasteiger partial charge in [0, 0.05) is 11.8 Å². The second-order valence-corrected chi connectivity index (χ2v) is 4.38. The lowest BCUT2D eigenvalue weighted by molar-refractivity contribution is -0.111. The molecule has 1 aliphatic carbocycles. The first kappa shape index (κ1) is 13.0. The number of hydrogen-bond donors (Lipinski definition) is 0. The minimum atomic E-state index is 0.157. The summed E-state index contributed by atoms with van der Waals surface area (Å²) in [6.07, 6.45) is 19.4. The van der Waals surface area contributed by atoms with Crippen LogP contribution in [0.1, 0.15) is 39.0 Å². The van der Waals surface area contributed by atoms with Crippen LogP contribution < -0.4 is 0 Å². The highest BCUT2D eigenvalue weighted by atomic mass is 16.1. The zero-order chi connectivity index (χ0) is 11.6. The molecule has 0 saturated carbocycles. The van der Waals surface area contributed by atoms with Gasteiger partial charge in [0.15, 0.2) is 0 Å². The molecule has 16 heavy (non-hydrogen) atoms. The minimum absolute atomic E-state index is 0.157. The molecule has 0 aromatic heterocycles. The van der Waals surface area contributed by atoms with Crippen molar-refractivity contribution in [1.82, 2.24) is 0 Å². The summed E-state index contributed by atoms with van der Waals surface area (Å²) in [5.74, 6) is 0.443. The normalized spacial score (nSPS) is 17.3. The van der Waals surface area contributed by atoms with Gasteiger partial charge in [0.25, 0.3) is 0 Å². The summed E-state index contributed by atoms with van der Waals surface area (Å²) in [6, 6.07) is 0. The van der Waals surface area contributed by atoms with Gasteiger partial charge in [-0.1, -0.05) is 69.1 Å². The summed E-state index contributed by atoms with van der Waals surface area (Å²) >= 11 is 0. The van der Waals surface area contributed by atoms with Crippen molar-refractivity contribution in [3.05, 3.63) is 36.5 Å². The molecule has 0 aliphatic heterocycles. The van der Waals surface area contributed by atoms with Gasteiger partial charge in [0.05, 0.1) is 0 Å². The van der Waals surface area contributed by atoms with Crippen molar-refractivity contribution in [2.24, 2.45) is 11.8 Å². The van der Waals surface area contributed by atoms with E-state index in [1.807, 2.05) is 24.3 Å². The molecule has 0 amide bonds. The van der Waals surface area contributed by atoms with E-state index in [9.17, 15) is 4.79 Å². The summed E-state index contributed by atoms with van der Waals surface area (Å²) in [4.78, 5) is 11.1. The number of unbranched alkanes of at least 4 members (excludes halogenated alkanes) is 3. The molecule has 0 fully saturated rings. The minimum Gasteiger partial charge on any atom is -0.303 e. The SMILES string of the molecule is CCCCCC[C@H](C=O)C1C=CC=CC=C1. The van der Waals surface area contributed by atoms with Gasteiger partial charge in [-0.2, -0.15) is 0 Å². The monoisotopic (exact) mass is 218 g/mol. The highest BCUT2D eigenvalue weighted by Gasteiger charge is 2.15. The molecule has 88 valence electrons. The van der Waals surface area contributed by atoms with Crippen LogP contribution in [0, 0.1) is 11.8 Å². The van der Waals surface area contributed by atoms with E-state index >= 15 is 0 Å². The summed E-state index contributed by atoms with van der Waals surface area (Å²) in [6.45, 7) is 2.21. The predicted molar refractivity (Wildman–Crippen MR) is 69.2 cm³/mol. The van der Waals surface area contributed by atoms with Gasteiger partial charge < -0.3 is 4.79 Å². The first-order valence-electron chi connectivity index (χ1n) is 6.35. The molecule has 0 bridgehead atoms. The fourth-order valence-corrected chi connectivity index (χ4v) is 2.02. The van der Waals surface area contributed by atoms with Gasteiger partial charge >= 0.3 is 0 Å². The van der Waals surface area contributed by atoms with Crippen molar-refractivity contribution in [2.45, 2.75) is 39.0 Å². The number of carbonyl (C=O) groups is 1. The third-order valence-electron chi connectivity index (χ3n) is 3.06. The third kappa shape index (κ3) is 4.61. The Balaban J connectivity index is 2.38. The lowest BCUT2D eigenvalue weighted by Gasteiger charge is -2.15. The number of rotatable bonds is 7. The van der Waals surface area contributed by atoms with Crippen LogP contribution in [0.5, 0.6) is 0 Å². The molecule has 0 N–H and O–H groups in total. The molecule has 0 saturated heterocycles. The number of aldehydes is 1. The summed E-state index contributed by atoms with van der Waals surface area (Å²) in [7, 11) is 0. The van der Waals surface area contributed by atoms with Gasteiger partial charge in [-0.05, 0) is 6.42 Å². The Hall–Kier alpha value is -1.11. The maximum atomic E-state index is 11.1. The molecule has 0 aromatic rings. The van der Waals surface area contributed by atoms with Crippen molar-refractivity contribution in [3.8, 4) is 0 Å². The van der Waals surface area contributed by atoms with Crippen LogP contribution in [-0.4, -0.2) is 6.29 Å². The smallest absolute Gasteiger partial charge is 0.123 e. The van der Waals surface area contributed by atoms with Crippen molar-refractivity contribution >= 4 is 6.29 Å². The van der Waals surface area contributed by atoms with Crippen LogP contribution >= 0.6 is 0 Å². The molecule has 1 rings (SSSR count). The third-order valence-corrected chi connectivity index (χ3v) is 3.06. The molecular weight excluding hydrogens is 196 g/mol. The van der Waals surface area contributed by atoms with E-state index in [0.29, 0.717) is 0 Å². The fraction of sp³-hybridized carbons (Fsp3) is 0.533. The molecule has 1 aliphatic rings. The lowest BCUT2D eigenvalue weighted by Crippen LogP contribution is -2.12. The zero-order valence-electron chi connectivity index (χ0n) is 10.1. The van der Waals surface area contributed by atoms with Crippen LogP contribution in [0.3, 0.4) is 0 Å². The summed E-state index contributed by atoms with van der Waals surface area (Å²) < 4.78 is 0. The molecule has 1 nitrogen and oxygen atoms in total. The number of hydrogen-bond acceptors (Lipinski definition) is 1. The van der Waals surface area contributed by atoms with Crippen LogP contribution in [0.4, 0.5) is 0 Å². The van der Waals surface area contributed by atoms with Crippen LogP contribution in [0.2, 0.25) is 0 Å². The topological polar surface area (TPSA) is 17.1 Å². The number of allylic oxidation sites excluding steroid dienone is 6. The average molecular weight is 218 g/mol. The Morgan fingerprint density at radius 2 is 1.75 bits per heavy atom. The van der Waals surface area contributed by atoms with E-state index in [-0.39, 0.29) is 11.8 Å². The van der Waals surface area contributed by atoms with Crippen LogP contribution in [0.25, 0.3) is 0 Å². The van der Waals surface area contributed by atoms with E-state index in [1.54, 1.807) is 0 Å². The first-order valence-corrected chi connectivity index (χ1v) is 6.35. The second kappa shape index (κ2) is 8.09. The van der Waals surface area contributed by atoms with E-state index in [0.717, 1.165) is 12.7 Å². The van der Waals surface area contributed by atoms with Crippen LogP contribution in [-0.2, 0) is 4.79 Å². The van der Waals surface area contributed by atoms with Gasteiger partial charge in [-0.3, -0.25) is 0 Å². The highest BCUT2D eigenvalue weighted by molar-refractivity contribution is 5.55. The molecule has 0 radical (unpaired) electrons. The summed E-state index contributed by atoms with van der Waals surface area (Å²) in [5.41, 5.74) is 0. The van der Waals surface area contributed by atoms with Gasteiger partial charge in [0.1, 0.15) is 6.29 Å². The van der Waals surface area contributed by atoms with Crippen LogP contribution in [0.15, 0.2) is 36.5 Å². The quantitative estimate of drug-likeness (QED) is 0.465. The maximum absolute atomic E-state index is 11.1. The molecule has 1 atom stereocenters. The summed E-state index contributed by atoms with van der Waals surface area (Å²) in [5, 5.41) is 0. The highest BCUT2D eigenvalue weighted by Crippen LogP contribution is 2.21. The van der Waals surface area contributed by atoms with Crippen molar-refractivity contribution in [2.75, 3.05) is 0 Å². The van der Waals surface area contributed by atoms with E-state index in [4.69, 9.17) is 0 Å². The first-order chi connectivity index (χ1) is 7.88. The Kier molecular flexibility index (Phi) is 6.55. The second-order valence-electron chi connectivity index (χ2n) is 4.38. The van der Waals surface area contributed by atoms with Crippen molar-refractivity contribution in [1.29, 1.82) is 0 Å². The predicted octanol–water partition coefficient (Wildman–Crippen LogP) is 4.07. The maximum Gasteiger partial charge on any atom is 0.123 e. The van der Waals surface area contributed by atoms with Gasteiger partial charge in [-0.15, -0.1) is 0 Å². The van der Waals surface area contributed by atoms with Gasteiger partial charge in [-0.25, -0.2) is 0 Å². The van der Waals surface area contributed by atoms with Crippen molar-refractivity contribution < 1.29 is 4.79 Å². The Labute approximate surface area is 98.9 Å². The molecule has 0 spiro atoms. The molecule has 0 heterocycles. The molecule has 0 aromatic carbocycles. The van der Waals surface area contributed by atoms with Gasteiger partial charge in [0.2, 0.25) is 0 Å². The zero-order valence-corrected chi connectivity index (χ0v) is 10.1. The molecule has 0 unspecified atom stereocenters. The van der Waals surface area contributed by atoms with E-state index in [2.05, 4.69) is 19.1 Å². The Morgan fingerprint density at radius 1 is 1.06 bits per heavy atom. The Morgan fingerprint density at radius 3 is 2.31 bits per heavy atom.